The molecule has 7 aromatic rings. The zero-order chi connectivity index (χ0) is 21.8. The molecule has 0 aliphatic carbocycles. The molecule has 0 aliphatic heterocycles. The maximum atomic E-state index is 2.38. The molecule has 1 nitrogen and oxygen atoms in total. The second kappa shape index (κ2) is 7.08. The maximum Gasteiger partial charge on any atom is 0.0547 e. The van der Waals surface area contributed by atoms with Gasteiger partial charge >= 0.3 is 0 Å². The van der Waals surface area contributed by atoms with E-state index in [0.717, 1.165) is 0 Å². The summed E-state index contributed by atoms with van der Waals surface area (Å²) in [5.41, 5.74) is 6.16. The third-order valence-electron chi connectivity index (χ3n) is 6.79. The molecule has 0 radical (unpaired) electrons. The Kier molecular flexibility index (Phi) is 3.91. The predicted molar refractivity (Wildman–Crippen MR) is 141 cm³/mol. The molecule has 0 saturated carbocycles. The summed E-state index contributed by atoms with van der Waals surface area (Å²) in [6.07, 6.45) is 0. The number of nitrogens with zero attached hydrogens (tertiary/aromatic N) is 1. The lowest BCUT2D eigenvalue weighted by Crippen LogP contribution is -1.93. The van der Waals surface area contributed by atoms with Gasteiger partial charge in [-0.25, -0.2) is 0 Å². The molecule has 0 amide bonds. The molecule has 0 unspecified atom stereocenters. The number of fused-ring (bicyclic) bond motifs is 6. The second-order valence-electron chi connectivity index (χ2n) is 8.61. The molecule has 0 bridgehead atoms. The standard InChI is InChI=1S/C32H21N/c1-2-10-24(11-3-1)33-31-16-7-6-13-29(31)30-20-18-23(21-32(30)33)26-14-8-15-27-25-12-5-4-9-22(25)17-19-28(26)27/h1-21H. The van der Waals surface area contributed by atoms with Crippen molar-refractivity contribution in [3.05, 3.63) is 127 Å². The Balaban J connectivity index is 1.55. The first-order valence-corrected chi connectivity index (χ1v) is 11.4. The average Bonchev–Trinajstić information content (AvgIpc) is 3.22. The third kappa shape index (κ3) is 2.73. The Morgan fingerprint density at radius 3 is 2.00 bits per heavy atom. The van der Waals surface area contributed by atoms with E-state index in [0.29, 0.717) is 0 Å². The fraction of sp³-hybridized carbons (Fsp3) is 0. The number of hydrogen-bond donors (Lipinski definition) is 0. The molecular weight excluding hydrogens is 398 g/mol. The highest BCUT2D eigenvalue weighted by Gasteiger charge is 2.14. The summed E-state index contributed by atoms with van der Waals surface area (Å²) in [4.78, 5) is 0. The van der Waals surface area contributed by atoms with Gasteiger partial charge < -0.3 is 4.57 Å². The number of hydrogen-bond acceptors (Lipinski definition) is 0. The third-order valence-corrected chi connectivity index (χ3v) is 6.79. The van der Waals surface area contributed by atoms with E-state index in [-0.39, 0.29) is 0 Å². The molecule has 0 N–H and O–H groups in total. The molecule has 0 fully saturated rings. The monoisotopic (exact) mass is 419 g/mol. The minimum Gasteiger partial charge on any atom is -0.309 e. The van der Waals surface area contributed by atoms with Gasteiger partial charge in [0.2, 0.25) is 0 Å². The molecule has 7 rings (SSSR count). The highest BCUT2D eigenvalue weighted by atomic mass is 15.0. The van der Waals surface area contributed by atoms with E-state index < -0.39 is 0 Å². The summed E-state index contributed by atoms with van der Waals surface area (Å²) < 4.78 is 2.38. The van der Waals surface area contributed by atoms with Crippen LogP contribution in [0.15, 0.2) is 127 Å². The van der Waals surface area contributed by atoms with Crippen LogP contribution in [0.5, 0.6) is 0 Å². The first kappa shape index (κ1) is 18.2. The van der Waals surface area contributed by atoms with E-state index in [2.05, 4.69) is 132 Å². The Morgan fingerprint density at radius 2 is 1.09 bits per heavy atom. The van der Waals surface area contributed by atoms with Crippen LogP contribution in [0.25, 0.3) is 60.2 Å². The van der Waals surface area contributed by atoms with Gasteiger partial charge in [0.1, 0.15) is 0 Å². The Labute approximate surface area is 192 Å². The van der Waals surface area contributed by atoms with Crippen molar-refractivity contribution >= 4 is 43.4 Å². The first-order valence-electron chi connectivity index (χ1n) is 11.4. The fourth-order valence-electron chi connectivity index (χ4n) is 5.29. The van der Waals surface area contributed by atoms with Gasteiger partial charge in [-0.15, -0.1) is 0 Å². The van der Waals surface area contributed by atoms with Crippen molar-refractivity contribution in [2.24, 2.45) is 0 Å². The van der Waals surface area contributed by atoms with Crippen LogP contribution in [0, 0.1) is 0 Å². The van der Waals surface area contributed by atoms with Crippen molar-refractivity contribution in [1.82, 2.24) is 4.57 Å². The van der Waals surface area contributed by atoms with E-state index in [1.54, 1.807) is 0 Å². The van der Waals surface area contributed by atoms with Crippen molar-refractivity contribution in [3.63, 3.8) is 0 Å². The molecule has 1 heteroatoms. The van der Waals surface area contributed by atoms with Crippen molar-refractivity contribution in [2.45, 2.75) is 0 Å². The SMILES string of the molecule is c1ccc(-n2c3ccccc3c3ccc(-c4cccc5c4ccc4ccccc45)cc32)cc1. The minimum atomic E-state index is 1.18. The lowest BCUT2D eigenvalue weighted by atomic mass is 9.94. The molecule has 0 saturated heterocycles. The van der Waals surface area contributed by atoms with Crippen molar-refractivity contribution in [1.29, 1.82) is 0 Å². The largest absolute Gasteiger partial charge is 0.309 e. The average molecular weight is 420 g/mol. The fourth-order valence-corrected chi connectivity index (χ4v) is 5.29. The molecule has 0 spiro atoms. The molecule has 6 aromatic carbocycles. The molecule has 1 heterocycles. The zero-order valence-corrected chi connectivity index (χ0v) is 18.1. The van der Waals surface area contributed by atoms with Crippen LogP contribution in [-0.4, -0.2) is 4.57 Å². The van der Waals surface area contributed by atoms with Gasteiger partial charge in [-0.05, 0) is 56.9 Å². The van der Waals surface area contributed by atoms with Crippen LogP contribution < -0.4 is 0 Å². The summed E-state index contributed by atoms with van der Waals surface area (Å²) in [7, 11) is 0. The van der Waals surface area contributed by atoms with E-state index in [4.69, 9.17) is 0 Å². The van der Waals surface area contributed by atoms with Crippen LogP contribution in [0.2, 0.25) is 0 Å². The Hall–Kier alpha value is -4.36. The lowest BCUT2D eigenvalue weighted by Gasteiger charge is -2.11. The normalized spacial score (nSPS) is 11.6. The van der Waals surface area contributed by atoms with Gasteiger partial charge in [0, 0.05) is 16.5 Å². The zero-order valence-electron chi connectivity index (χ0n) is 18.1. The summed E-state index contributed by atoms with van der Waals surface area (Å²) >= 11 is 0. The summed E-state index contributed by atoms with van der Waals surface area (Å²) in [5.74, 6) is 0. The summed E-state index contributed by atoms with van der Waals surface area (Å²) in [6, 6.07) is 46.1. The van der Waals surface area contributed by atoms with E-state index >= 15 is 0 Å². The van der Waals surface area contributed by atoms with Gasteiger partial charge in [0.25, 0.3) is 0 Å². The highest BCUT2D eigenvalue weighted by Crippen LogP contribution is 2.37. The van der Waals surface area contributed by atoms with Gasteiger partial charge in [0.15, 0.2) is 0 Å². The topological polar surface area (TPSA) is 4.93 Å². The van der Waals surface area contributed by atoms with Crippen molar-refractivity contribution in [2.75, 3.05) is 0 Å². The smallest absolute Gasteiger partial charge is 0.0547 e. The van der Waals surface area contributed by atoms with Gasteiger partial charge in [-0.1, -0.05) is 103 Å². The lowest BCUT2D eigenvalue weighted by molar-refractivity contribution is 1.18. The summed E-state index contributed by atoms with van der Waals surface area (Å²) in [5, 5.41) is 7.74. The molecular formula is C32H21N. The van der Waals surface area contributed by atoms with Crippen molar-refractivity contribution < 1.29 is 0 Å². The molecule has 1 aromatic heterocycles. The number of benzene rings is 6. The van der Waals surface area contributed by atoms with Crippen LogP contribution >= 0.6 is 0 Å². The van der Waals surface area contributed by atoms with Crippen LogP contribution in [0.3, 0.4) is 0 Å². The predicted octanol–water partition coefficient (Wildman–Crippen LogP) is 8.76. The first-order chi connectivity index (χ1) is 16.4. The molecule has 0 aliphatic rings. The van der Waals surface area contributed by atoms with Gasteiger partial charge in [-0.2, -0.15) is 0 Å². The van der Waals surface area contributed by atoms with Gasteiger partial charge in [0.05, 0.1) is 11.0 Å². The minimum absolute atomic E-state index is 1.18. The second-order valence-corrected chi connectivity index (χ2v) is 8.61. The highest BCUT2D eigenvalue weighted by molar-refractivity contribution is 6.14. The Bertz CT molecular complexity index is 1810. The number of para-hydroxylation sites is 2. The van der Waals surface area contributed by atoms with Gasteiger partial charge in [-0.3, -0.25) is 0 Å². The van der Waals surface area contributed by atoms with Crippen LogP contribution in [0.4, 0.5) is 0 Å². The van der Waals surface area contributed by atoms with Crippen LogP contribution in [-0.2, 0) is 0 Å². The maximum absolute atomic E-state index is 2.38. The van der Waals surface area contributed by atoms with Crippen LogP contribution in [0.1, 0.15) is 0 Å². The van der Waals surface area contributed by atoms with E-state index in [1.807, 2.05) is 0 Å². The number of aromatic nitrogens is 1. The van der Waals surface area contributed by atoms with Crippen molar-refractivity contribution in [3.8, 4) is 16.8 Å². The molecule has 33 heavy (non-hydrogen) atoms. The quantitative estimate of drug-likeness (QED) is 0.247. The molecule has 0 atom stereocenters. The summed E-state index contributed by atoms with van der Waals surface area (Å²) in [6.45, 7) is 0. The van der Waals surface area contributed by atoms with E-state index in [1.165, 1.54) is 60.2 Å². The van der Waals surface area contributed by atoms with E-state index in [9.17, 15) is 0 Å². The Morgan fingerprint density at radius 1 is 0.394 bits per heavy atom. The number of rotatable bonds is 2. The molecule has 154 valence electrons.